The maximum absolute atomic E-state index is 5.99. The van der Waals surface area contributed by atoms with Crippen LogP contribution in [0.5, 0.6) is 0 Å². The highest BCUT2D eigenvalue weighted by atomic mass is 79.9. The van der Waals surface area contributed by atoms with Gasteiger partial charge < -0.3 is 0 Å². The van der Waals surface area contributed by atoms with Crippen LogP contribution in [0.15, 0.2) is 24.3 Å². The molecule has 0 heterocycles. The Morgan fingerprint density at radius 3 is 2.86 bits per heavy atom. The van der Waals surface area contributed by atoms with Gasteiger partial charge in [-0.3, -0.25) is 0 Å². The summed E-state index contributed by atoms with van der Waals surface area (Å²) in [4.78, 5) is 0.695. The Labute approximate surface area is 98.8 Å². The summed E-state index contributed by atoms with van der Waals surface area (Å²) >= 11 is 9.70. The molecule has 1 aliphatic carbocycles. The number of alkyl halides is 1. The molecule has 2 unspecified atom stereocenters. The van der Waals surface area contributed by atoms with E-state index in [0.717, 1.165) is 5.02 Å². The first kappa shape index (κ1) is 10.5. The summed E-state index contributed by atoms with van der Waals surface area (Å²) in [5.41, 5.74) is 1.40. The Bertz CT molecular complexity index is 311. The Kier molecular flexibility index (Phi) is 3.51. The molecule has 0 amide bonds. The normalized spacial score (nSPS) is 27.6. The van der Waals surface area contributed by atoms with Crippen LogP contribution in [0.3, 0.4) is 0 Å². The van der Waals surface area contributed by atoms with Gasteiger partial charge in [-0.1, -0.05) is 46.1 Å². The molecule has 0 spiro atoms. The van der Waals surface area contributed by atoms with E-state index in [0.29, 0.717) is 10.7 Å². The number of halogens is 2. The molecule has 0 radical (unpaired) electrons. The van der Waals surface area contributed by atoms with Gasteiger partial charge in [-0.25, -0.2) is 0 Å². The van der Waals surface area contributed by atoms with E-state index in [1.165, 1.54) is 31.2 Å². The summed E-state index contributed by atoms with van der Waals surface area (Å²) < 4.78 is 0. The first-order valence-electron chi connectivity index (χ1n) is 5.15. The third kappa shape index (κ3) is 2.52. The fraction of sp³-hybridized carbons (Fsp3) is 0.500. The molecule has 0 saturated heterocycles. The second-order valence-corrected chi connectivity index (χ2v) is 5.75. The SMILES string of the molecule is Clc1cccc(C2CCCC(Br)C2)c1. The van der Waals surface area contributed by atoms with E-state index < -0.39 is 0 Å². The van der Waals surface area contributed by atoms with Crippen molar-refractivity contribution < 1.29 is 0 Å². The molecule has 1 aromatic rings. The molecular formula is C12H14BrCl. The minimum atomic E-state index is 0.695. The number of hydrogen-bond donors (Lipinski definition) is 0. The van der Waals surface area contributed by atoms with Crippen molar-refractivity contribution in [3.63, 3.8) is 0 Å². The third-order valence-corrected chi connectivity index (χ3v) is 4.00. The second-order valence-electron chi connectivity index (χ2n) is 4.02. The molecule has 1 aliphatic rings. The van der Waals surface area contributed by atoms with E-state index >= 15 is 0 Å². The van der Waals surface area contributed by atoms with Crippen LogP contribution in [0.2, 0.25) is 5.02 Å². The van der Waals surface area contributed by atoms with E-state index in [1.807, 2.05) is 6.07 Å². The zero-order chi connectivity index (χ0) is 9.97. The molecular weight excluding hydrogens is 259 g/mol. The molecule has 14 heavy (non-hydrogen) atoms. The molecule has 2 heteroatoms. The van der Waals surface area contributed by atoms with Crippen LogP contribution in [-0.4, -0.2) is 4.83 Å². The fourth-order valence-electron chi connectivity index (χ4n) is 2.19. The zero-order valence-electron chi connectivity index (χ0n) is 8.05. The summed E-state index contributed by atoms with van der Waals surface area (Å²) in [7, 11) is 0. The predicted molar refractivity (Wildman–Crippen MR) is 65.4 cm³/mol. The monoisotopic (exact) mass is 272 g/mol. The lowest BCUT2D eigenvalue weighted by Crippen LogP contribution is -2.13. The zero-order valence-corrected chi connectivity index (χ0v) is 10.4. The van der Waals surface area contributed by atoms with Gasteiger partial charge in [-0.15, -0.1) is 0 Å². The van der Waals surface area contributed by atoms with Crippen LogP contribution in [0.1, 0.15) is 37.2 Å². The quantitative estimate of drug-likeness (QED) is 0.647. The summed E-state index contributed by atoms with van der Waals surface area (Å²) in [6.45, 7) is 0. The standard InChI is InChI=1S/C12H14BrCl/c13-11-5-1-3-9(7-11)10-4-2-6-12(14)8-10/h2,4,6,8-9,11H,1,3,5,7H2. The number of benzene rings is 1. The van der Waals surface area contributed by atoms with Crippen molar-refractivity contribution in [3.8, 4) is 0 Å². The highest BCUT2D eigenvalue weighted by Crippen LogP contribution is 2.36. The van der Waals surface area contributed by atoms with E-state index in [1.54, 1.807) is 0 Å². The minimum absolute atomic E-state index is 0.695. The molecule has 0 N–H and O–H groups in total. The van der Waals surface area contributed by atoms with E-state index in [4.69, 9.17) is 11.6 Å². The van der Waals surface area contributed by atoms with Gasteiger partial charge in [-0.2, -0.15) is 0 Å². The Morgan fingerprint density at radius 1 is 1.29 bits per heavy atom. The van der Waals surface area contributed by atoms with Crippen molar-refractivity contribution in [2.45, 2.75) is 36.4 Å². The maximum atomic E-state index is 5.99. The number of hydrogen-bond acceptors (Lipinski definition) is 0. The Balaban J connectivity index is 2.14. The van der Waals surface area contributed by atoms with Crippen LogP contribution >= 0.6 is 27.5 Å². The molecule has 76 valence electrons. The van der Waals surface area contributed by atoms with E-state index in [2.05, 4.69) is 34.1 Å². The second kappa shape index (κ2) is 4.67. The lowest BCUT2D eigenvalue weighted by molar-refractivity contribution is 0.458. The molecule has 0 aromatic heterocycles. The lowest BCUT2D eigenvalue weighted by Gasteiger charge is -2.26. The average Bonchev–Trinajstić information content (AvgIpc) is 2.18. The van der Waals surface area contributed by atoms with Gasteiger partial charge in [0.2, 0.25) is 0 Å². The molecule has 2 rings (SSSR count). The third-order valence-electron chi connectivity index (χ3n) is 2.93. The molecule has 0 nitrogen and oxygen atoms in total. The van der Waals surface area contributed by atoms with Gasteiger partial charge in [0, 0.05) is 9.85 Å². The van der Waals surface area contributed by atoms with E-state index in [-0.39, 0.29) is 0 Å². The van der Waals surface area contributed by atoms with Crippen molar-refractivity contribution in [3.05, 3.63) is 34.9 Å². The van der Waals surface area contributed by atoms with Crippen LogP contribution < -0.4 is 0 Å². The van der Waals surface area contributed by atoms with Gasteiger partial charge in [0.15, 0.2) is 0 Å². The van der Waals surface area contributed by atoms with Crippen molar-refractivity contribution in [1.29, 1.82) is 0 Å². The first-order chi connectivity index (χ1) is 6.75. The minimum Gasteiger partial charge on any atom is -0.0890 e. The van der Waals surface area contributed by atoms with Crippen LogP contribution in [-0.2, 0) is 0 Å². The molecule has 0 aliphatic heterocycles. The smallest absolute Gasteiger partial charge is 0.0408 e. The van der Waals surface area contributed by atoms with Crippen molar-refractivity contribution >= 4 is 27.5 Å². The van der Waals surface area contributed by atoms with Crippen molar-refractivity contribution in [2.75, 3.05) is 0 Å². The molecule has 2 atom stereocenters. The van der Waals surface area contributed by atoms with Gasteiger partial charge >= 0.3 is 0 Å². The topological polar surface area (TPSA) is 0 Å². The van der Waals surface area contributed by atoms with Gasteiger partial charge in [0.1, 0.15) is 0 Å². The van der Waals surface area contributed by atoms with E-state index in [9.17, 15) is 0 Å². The molecule has 1 saturated carbocycles. The Morgan fingerprint density at radius 2 is 2.14 bits per heavy atom. The largest absolute Gasteiger partial charge is 0.0890 e. The van der Waals surface area contributed by atoms with Crippen molar-refractivity contribution in [2.24, 2.45) is 0 Å². The van der Waals surface area contributed by atoms with Crippen LogP contribution in [0, 0.1) is 0 Å². The van der Waals surface area contributed by atoms with Crippen LogP contribution in [0.4, 0.5) is 0 Å². The molecule has 1 aromatic carbocycles. The fourth-order valence-corrected chi connectivity index (χ4v) is 3.17. The predicted octanol–water partition coefficient (Wildman–Crippen LogP) is 4.76. The average molecular weight is 274 g/mol. The lowest BCUT2D eigenvalue weighted by atomic mass is 9.84. The first-order valence-corrected chi connectivity index (χ1v) is 6.44. The highest BCUT2D eigenvalue weighted by molar-refractivity contribution is 9.09. The Hall–Kier alpha value is -0.0100. The van der Waals surface area contributed by atoms with Gasteiger partial charge in [0.25, 0.3) is 0 Å². The van der Waals surface area contributed by atoms with Gasteiger partial charge in [0.05, 0.1) is 0 Å². The van der Waals surface area contributed by atoms with Gasteiger partial charge in [-0.05, 0) is 42.9 Å². The molecule has 1 fully saturated rings. The molecule has 0 bridgehead atoms. The summed E-state index contributed by atoms with van der Waals surface area (Å²) in [5.74, 6) is 0.701. The number of rotatable bonds is 1. The van der Waals surface area contributed by atoms with Crippen LogP contribution in [0.25, 0.3) is 0 Å². The maximum Gasteiger partial charge on any atom is 0.0408 e. The highest BCUT2D eigenvalue weighted by Gasteiger charge is 2.21. The summed E-state index contributed by atoms with van der Waals surface area (Å²) in [6, 6.07) is 8.30. The summed E-state index contributed by atoms with van der Waals surface area (Å²) in [6.07, 6.45) is 5.20. The van der Waals surface area contributed by atoms with Crippen molar-refractivity contribution in [1.82, 2.24) is 0 Å². The summed E-state index contributed by atoms with van der Waals surface area (Å²) in [5, 5.41) is 0.860.